The van der Waals surface area contributed by atoms with Crippen LogP contribution >= 0.6 is 0 Å². The van der Waals surface area contributed by atoms with E-state index in [1.165, 1.54) is 0 Å². The van der Waals surface area contributed by atoms with Crippen molar-refractivity contribution in [2.75, 3.05) is 0 Å². The third-order valence-electron chi connectivity index (χ3n) is 0.161. The van der Waals surface area contributed by atoms with Gasteiger partial charge in [0.2, 0.25) is 0 Å². The molecular formula is F6LiN2O2S2. The van der Waals surface area contributed by atoms with Gasteiger partial charge >= 0.3 is 21.0 Å². The largest absolute Gasteiger partial charge is 0.397 e. The fourth-order valence-corrected chi connectivity index (χ4v) is 0. The summed E-state index contributed by atoms with van der Waals surface area (Å²) >= 11 is 0. The average molecular weight is 245 g/mol. The Balaban J connectivity index is -0.000000143. The van der Waals surface area contributed by atoms with Gasteiger partial charge in [0, 0.05) is 28.0 Å². The minimum atomic E-state index is -5.45. The SMILES string of the molecule is O=S(F)(F)=NF.O=S(F)(F)=NF.[Li]. The van der Waals surface area contributed by atoms with Gasteiger partial charge in [0.15, 0.2) is 0 Å². The van der Waals surface area contributed by atoms with Crippen molar-refractivity contribution in [3.63, 3.8) is 0 Å². The molecule has 0 aromatic carbocycles. The topological polar surface area (TPSA) is 58.9 Å². The van der Waals surface area contributed by atoms with Crippen LogP contribution in [-0.4, -0.2) is 27.3 Å². The quantitative estimate of drug-likeness (QED) is 0.371. The molecule has 77 valence electrons. The summed E-state index contributed by atoms with van der Waals surface area (Å²) in [5.41, 5.74) is 0. The Morgan fingerprint density at radius 3 is 0.846 bits per heavy atom. The fourth-order valence-electron chi connectivity index (χ4n) is 0. The van der Waals surface area contributed by atoms with Gasteiger partial charge in [-0.15, -0.1) is 0 Å². The van der Waals surface area contributed by atoms with Crippen molar-refractivity contribution in [3.8, 4) is 0 Å². The first-order chi connectivity index (χ1) is 5.12. The fraction of sp³-hybridized carbons (Fsp3) is 0. The predicted molar refractivity (Wildman–Crippen MR) is 33.5 cm³/mol. The molecule has 0 aromatic heterocycles. The van der Waals surface area contributed by atoms with Crippen LogP contribution in [-0.2, 0) is 21.0 Å². The van der Waals surface area contributed by atoms with Gasteiger partial charge in [0.05, 0.1) is 0 Å². The maximum Gasteiger partial charge on any atom is 0.397 e. The van der Waals surface area contributed by atoms with Gasteiger partial charge in [0.25, 0.3) is 0 Å². The molecule has 0 amide bonds. The Hall–Kier alpha value is 0.0774. The van der Waals surface area contributed by atoms with Crippen molar-refractivity contribution in [2.24, 2.45) is 9.17 Å². The van der Waals surface area contributed by atoms with E-state index in [2.05, 4.69) is 0 Å². The molecular weight excluding hydrogens is 245 g/mol. The van der Waals surface area contributed by atoms with Gasteiger partial charge < -0.3 is 0 Å². The predicted octanol–water partition coefficient (Wildman–Crippen LogP) is 1.84. The normalized spacial score (nSPS) is 10.3. The van der Waals surface area contributed by atoms with Crippen LogP contribution in [0.3, 0.4) is 0 Å². The number of hydrogen-bond donors (Lipinski definition) is 0. The molecule has 0 fully saturated rings. The molecule has 0 rings (SSSR count). The summed E-state index contributed by atoms with van der Waals surface area (Å²) in [6, 6.07) is 0. The van der Waals surface area contributed by atoms with E-state index in [0.29, 0.717) is 9.17 Å². The zero-order chi connectivity index (χ0) is 10.4. The zero-order valence-electron chi connectivity index (χ0n) is 5.80. The molecule has 0 aliphatic carbocycles. The Morgan fingerprint density at radius 1 is 0.769 bits per heavy atom. The van der Waals surface area contributed by atoms with Crippen LogP contribution in [0.15, 0.2) is 9.17 Å². The minimum absolute atomic E-state index is 0. The molecule has 4 nitrogen and oxygen atoms in total. The zero-order valence-corrected chi connectivity index (χ0v) is 7.43. The number of halogens is 6. The van der Waals surface area contributed by atoms with E-state index in [1.54, 1.807) is 0 Å². The molecule has 0 N–H and O–H groups in total. The number of hydrogen-bond acceptors (Lipinski definition) is 4. The van der Waals surface area contributed by atoms with Crippen LogP contribution in [0, 0.1) is 0 Å². The minimum Gasteiger partial charge on any atom is -0.178 e. The van der Waals surface area contributed by atoms with Gasteiger partial charge in [0.1, 0.15) is 0 Å². The van der Waals surface area contributed by atoms with Crippen LogP contribution in [0.4, 0.5) is 24.5 Å². The molecule has 0 saturated heterocycles. The Bertz CT molecular complexity index is 287. The summed E-state index contributed by atoms with van der Waals surface area (Å²) in [5, 5.41) is 0. The molecule has 0 unspecified atom stereocenters. The van der Waals surface area contributed by atoms with E-state index in [0.717, 1.165) is 0 Å². The Labute approximate surface area is 82.3 Å². The van der Waals surface area contributed by atoms with Gasteiger partial charge in [-0.1, -0.05) is 24.5 Å². The Kier molecular flexibility index (Phi) is 10.8. The van der Waals surface area contributed by atoms with Crippen LogP contribution < -0.4 is 0 Å². The molecule has 0 spiro atoms. The summed E-state index contributed by atoms with van der Waals surface area (Å²) in [7, 11) is -10.9. The van der Waals surface area contributed by atoms with E-state index in [9.17, 15) is 24.5 Å². The summed E-state index contributed by atoms with van der Waals surface area (Å²) in [4.78, 5) is 0. The molecule has 1 radical (unpaired) electrons. The number of nitrogens with zero attached hydrogens (tertiary/aromatic N) is 2. The third-order valence-corrected chi connectivity index (χ3v) is 0.482. The van der Waals surface area contributed by atoms with Crippen molar-refractivity contribution >= 4 is 39.9 Å². The molecule has 0 saturated carbocycles. The monoisotopic (exact) mass is 245 g/mol. The van der Waals surface area contributed by atoms with Crippen molar-refractivity contribution in [2.45, 2.75) is 0 Å². The van der Waals surface area contributed by atoms with Gasteiger partial charge in [-0.25, -0.2) is 0 Å². The molecule has 13 heteroatoms. The molecule has 0 aliphatic rings. The molecule has 0 aromatic rings. The maximum atomic E-state index is 10.4. The standard InChI is InChI=1S/2F3NOS.Li/c2*1-4-6(2,3)5;. The van der Waals surface area contributed by atoms with E-state index < -0.39 is 21.0 Å². The second kappa shape index (κ2) is 7.48. The van der Waals surface area contributed by atoms with E-state index >= 15 is 0 Å². The van der Waals surface area contributed by atoms with Crippen LogP contribution in [0.2, 0.25) is 0 Å². The average Bonchev–Trinajstić information content (AvgIpc) is 1.86. The van der Waals surface area contributed by atoms with E-state index in [-0.39, 0.29) is 18.9 Å². The van der Waals surface area contributed by atoms with Crippen LogP contribution in [0.25, 0.3) is 0 Å². The van der Waals surface area contributed by atoms with Crippen molar-refractivity contribution in [3.05, 3.63) is 0 Å². The maximum absolute atomic E-state index is 10.4. The molecule has 0 atom stereocenters. The van der Waals surface area contributed by atoms with Crippen LogP contribution in [0.1, 0.15) is 0 Å². The van der Waals surface area contributed by atoms with E-state index in [1.807, 2.05) is 0 Å². The van der Waals surface area contributed by atoms with Crippen molar-refractivity contribution < 1.29 is 32.9 Å². The third kappa shape index (κ3) is 33.2. The summed E-state index contributed by atoms with van der Waals surface area (Å²) in [5.74, 6) is 0. The smallest absolute Gasteiger partial charge is 0.178 e. The second-order valence-corrected chi connectivity index (χ2v) is 2.80. The number of rotatable bonds is 0. The molecule has 0 aliphatic heterocycles. The molecule has 0 heterocycles. The summed E-state index contributed by atoms with van der Waals surface area (Å²) < 4.78 is 80.7. The molecule has 13 heavy (non-hydrogen) atoms. The van der Waals surface area contributed by atoms with Gasteiger partial charge in [-0.05, 0) is 0 Å². The first-order valence-electron chi connectivity index (χ1n) is 1.65. The van der Waals surface area contributed by atoms with E-state index in [4.69, 9.17) is 8.42 Å². The molecule has 0 bridgehead atoms. The summed E-state index contributed by atoms with van der Waals surface area (Å²) in [6.07, 6.45) is 0. The van der Waals surface area contributed by atoms with Crippen molar-refractivity contribution in [1.82, 2.24) is 0 Å². The second-order valence-electron chi connectivity index (χ2n) is 0.932. The first-order valence-corrected chi connectivity index (χ1v) is 4.29. The van der Waals surface area contributed by atoms with Crippen molar-refractivity contribution in [1.29, 1.82) is 0 Å². The first kappa shape index (κ1) is 18.8. The summed E-state index contributed by atoms with van der Waals surface area (Å²) in [6.45, 7) is 0. The van der Waals surface area contributed by atoms with Crippen LogP contribution in [0.5, 0.6) is 0 Å². The van der Waals surface area contributed by atoms with Gasteiger partial charge in [-0.2, -0.15) is 8.42 Å². The Morgan fingerprint density at radius 2 is 0.846 bits per heavy atom. The van der Waals surface area contributed by atoms with Gasteiger partial charge in [-0.3, -0.25) is 0 Å².